The van der Waals surface area contributed by atoms with Crippen molar-refractivity contribution in [2.75, 3.05) is 13.2 Å². The molecule has 0 fully saturated rings. The molecule has 23 heavy (non-hydrogen) atoms. The van der Waals surface area contributed by atoms with Crippen molar-refractivity contribution in [2.45, 2.75) is 98.1 Å². The van der Waals surface area contributed by atoms with Crippen LogP contribution in [0, 0.1) is 17.8 Å². The number of hydrogen-bond acceptors (Lipinski definition) is 2. The second-order valence-electron chi connectivity index (χ2n) is 7.21. The molecule has 0 aliphatic heterocycles. The summed E-state index contributed by atoms with van der Waals surface area (Å²) in [5.41, 5.74) is 0. The van der Waals surface area contributed by atoms with Crippen molar-refractivity contribution >= 4 is 8.56 Å². The standard InChI is InChI=1S/C20H40O2Si/c1-6-7-8-9-10-11-12-13-14-15-18-21-23(4,5)22-19-16-17-20(2)3/h20H,6,9-19H2,1-5H3. The molecule has 0 aromatic heterocycles. The number of rotatable bonds is 14. The Labute approximate surface area is 147 Å². The molecular weight excluding hydrogens is 300 g/mol. The van der Waals surface area contributed by atoms with Crippen molar-refractivity contribution in [3.63, 3.8) is 0 Å². The average Bonchev–Trinajstić information content (AvgIpc) is 2.49. The molecule has 0 saturated carbocycles. The van der Waals surface area contributed by atoms with Gasteiger partial charge in [0.05, 0.1) is 0 Å². The Kier molecular flexibility index (Phi) is 15.0. The first-order chi connectivity index (χ1) is 11.0. The van der Waals surface area contributed by atoms with Gasteiger partial charge in [0.2, 0.25) is 0 Å². The summed E-state index contributed by atoms with van der Waals surface area (Å²) in [5.74, 6) is 7.11. The maximum Gasteiger partial charge on any atom is 0.331 e. The van der Waals surface area contributed by atoms with Gasteiger partial charge in [-0.15, -0.1) is 11.8 Å². The highest BCUT2D eigenvalue weighted by Gasteiger charge is 2.23. The zero-order valence-electron chi connectivity index (χ0n) is 16.4. The third-order valence-electron chi connectivity index (χ3n) is 3.82. The molecule has 136 valence electrons. The van der Waals surface area contributed by atoms with Crippen LogP contribution in [-0.2, 0) is 8.85 Å². The largest absolute Gasteiger partial charge is 0.395 e. The van der Waals surface area contributed by atoms with Gasteiger partial charge in [-0.2, -0.15) is 0 Å². The fraction of sp³-hybridized carbons (Fsp3) is 0.900. The molecule has 0 saturated heterocycles. The third-order valence-corrected chi connectivity index (χ3v) is 5.62. The lowest BCUT2D eigenvalue weighted by molar-refractivity contribution is 0.171. The summed E-state index contributed by atoms with van der Waals surface area (Å²) in [5, 5.41) is 0. The Hall–Kier alpha value is -0.303. The van der Waals surface area contributed by atoms with Crippen molar-refractivity contribution in [3.8, 4) is 11.8 Å². The highest BCUT2D eigenvalue weighted by Crippen LogP contribution is 2.12. The Balaban J connectivity index is 3.38. The fourth-order valence-corrected chi connectivity index (χ4v) is 3.76. The van der Waals surface area contributed by atoms with Crippen LogP contribution in [0.5, 0.6) is 0 Å². The summed E-state index contributed by atoms with van der Waals surface area (Å²) >= 11 is 0. The van der Waals surface area contributed by atoms with Crippen LogP contribution < -0.4 is 0 Å². The summed E-state index contributed by atoms with van der Waals surface area (Å²) in [6.07, 6.45) is 12.1. The van der Waals surface area contributed by atoms with Crippen molar-refractivity contribution in [1.29, 1.82) is 0 Å². The molecule has 0 unspecified atom stereocenters. The molecule has 0 N–H and O–H groups in total. The van der Waals surface area contributed by atoms with Crippen LogP contribution in [0.1, 0.15) is 85.0 Å². The predicted molar refractivity (Wildman–Crippen MR) is 104 cm³/mol. The molecule has 0 aromatic rings. The fourth-order valence-electron chi connectivity index (χ4n) is 2.41. The molecule has 0 aromatic carbocycles. The normalized spacial score (nSPS) is 11.6. The van der Waals surface area contributed by atoms with E-state index < -0.39 is 8.56 Å². The maximum atomic E-state index is 6.01. The first-order valence-electron chi connectivity index (χ1n) is 9.71. The minimum Gasteiger partial charge on any atom is -0.395 e. The lowest BCUT2D eigenvalue weighted by Gasteiger charge is -2.23. The highest BCUT2D eigenvalue weighted by molar-refractivity contribution is 6.64. The Morgan fingerprint density at radius 2 is 1.35 bits per heavy atom. The van der Waals surface area contributed by atoms with Crippen LogP contribution in [0.2, 0.25) is 13.1 Å². The predicted octanol–water partition coefficient (Wildman–Crippen LogP) is 6.30. The van der Waals surface area contributed by atoms with Gasteiger partial charge in [0, 0.05) is 26.1 Å². The summed E-state index contributed by atoms with van der Waals surface area (Å²) < 4.78 is 12.0. The molecule has 0 aliphatic rings. The molecule has 0 rings (SSSR count). The molecular formula is C20H40O2Si. The van der Waals surface area contributed by atoms with Gasteiger partial charge in [-0.1, -0.05) is 46.5 Å². The van der Waals surface area contributed by atoms with Crippen molar-refractivity contribution in [1.82, 2.24) is 0 Å². The van der Waals surface area contributed by atoms with Crippen LogP contribution in [-0.4, -0.2) is 21.8 Å². The Morgan fingerprint density at radius 3 is 1.96 bits per heavy atom. The van der Waals surface area contributed by atoms with E-state index in [0.29, 0.717) is 0 Å². The first kappa shape index (κ1) is 22.7. The quantitative estimate of drug-likeness (QED) is 0.210. The smallest absolute Gasteiger partial charge is 0.331 e. The van der Waals surface area contributed by atoms with E-state index >= 15 is 0 Å². The van der Waals surface area contributed by atoms with E-state index in [4.69, 9.17) is 8.85 Å². The number of unbranched alkanes of at least 4 members (excludes halogenated alkanes) is 6. The van der Waals surface area contributed by atoms with Gasteiger partial charge in [0.15, 0.2) is 0 Å². The van der Waals surface area contributed by atoms with Crippen molar-refractivity contribution in [3.05, 3.63) is 0 Å². The third kappa shape index (κ3) is 17.9. The molecule has 0 amide bonds. The SMILES string of the molecule is CCC#CCCCCCCCCO[Si](C)(C)OCCCC(C)C. The molecule has 2 nitrogen and oxygen atoms in total. The van der Waals surface area contributed by atoms with Gasteiger partial charge in [-0.05, 0) is 44.7 Å². The summed E-state index contributed by atoms with van der Waals surface area (Å²) in [7, 11) is -1.88. The highest BCUT2D eigenvalue weighted by atomic mass is 28.4. The van der Waals surface area contributed by atoms with Gasteiger partial charge in [0.25, 0.3) is 0 Å². The van der Waals surface area contributed by atoms with E-state index in [0.717, 1.165) is 38.4 Å². The summed E-state index contributed by atoms with van der Waals surface area (Å²) in [6, 6.07) is 0. The van der Waals surface area contributed by atoms with E-state index in [2.05, 4.69) is 45.7 Å². The van der Waals surface area contributed by atoms with Gasteiger partial charge < -0.3 is 8.85 Å². The lowest BCUT2D eigenvalue weighted by atomic mass is 10.1. The first-order valence-corrected chi connectivity index (χ1v) is 12.5. The monoisotopic (exact) mass is 340 g/mol. The van der Waals surface area contributed by atoms with Crippen molar-refractivity contribution in [2.24, 2.45) is 5.92 Å². The topological polar surface area (TPSA) is 18.5 Å². The van der Waals surface area contributed by atoms with Gasteiger partial charge in [0.1, 0.15) is 0 Å². The van der Waals surface area contributed by atoms with E-state index in [1.165, 1.54) is 44.9 Å². The maximum absolute atomic E-state index is 6.01. The Bertz CT molecular complexity index is 315. The molecule has 0 bridgehead atoms. The zero-order valence-corrected chi connectivity index (χ0v) is 17.4. The molecule has 3 heteroatoms. The number of hydrogen-bond donors (Lipinski definition) is 0. The minimum atomic E-state index is -1.88. The van der Waals surface area contributed by atoms with Crippen molar-refractivity contribution < 1.29 is 8.85 Å². The van der Waals surface area contributed by atoms with E-state index in [1.807, 2.05) is 0 Å². The summed E-state index contributed by atoms with van der Waals surface area (Å²) in [6.45, 7) is 12.7. The molecule has 0 aliphatic carbocycles. The van der Waals surface area contributed by atoms with Crippen LogP contribution in [0.25, 0.3) is 0 Å². The van der Waals surface area contributed by atoms with Crippen LogP contribution >= 0.6 is 0 Å². The average molecular weight is 341 g/mol. The van der Waals surface area contributed by atoms with Crippen LogP contribution in [0.3, 0.4) is 0 Å². The molecule has 0 atom stereocenters. The van der Waals surface area contributed by atoms with Crippen LogP contribution in [0.4, 0.5) is 0 Å². The molecule has 0 radical (unpaired) electrons. The molecule has 0 spiro atoms. The minimum absolute atomic E-state index is 0.767. The second kappa shape index (κ2) is 15.2. The van der Waals surface area contributed by atoms with Gasteiger partial charge in [-0.3, -0.25) is 0 Å². The zero-order chi connectivity index (χ0) is 17.4. The van der Waals surface area contributed by atoms with E-state index in [9.17, 15) is 0 Å². The second-order valence-corrected chi connectivity index (χ2v) is 10.6. The van der Waals surface area contributed by atoms with E-state index in [-0.39, 0.29) is 0 Å². The van der Waals surface area contributed by atoms with Gasteiger partial charge >= 0.3 is 8.56 Å². The molecule has 0 heterocycles. The van der Waals surface area contributed by atoms with Gasteiger partial charge in [-0.25, -0.2) is 0 Å². The Morgan fingerprint density at radius 1 is 0.783 bits per heavy atom. The van der Waals surface area contributed by atoms with Crippen LogP contribution in [0.15, 0.2) is 0 Å². The van der Waals surface area contributed by atoms with E-state index in [1.54, 1.807) is 0 Å². The lowest BCUT2D eigenvalue weighted by Crippen LogP contribution is -2.35. The summed E-state index contributed by atoms with van der Waals surface area (Å²) in [4.78, 5) is 0.